The van der Waals surface area contributed by atoms with Crippen LogP contribution in [0.2, 0.25) is 13.1 Å². The molecule has 2 nitrogen and oxygen atoms in total. The summed E-state index contributed by atoms with van der Waals surface area (Å²) in [6.45, 7) is 7.00. The standard InChI is InChI=1S/C56H43NOSi/c1-38-31-36-46-55(58-56-47(59(46,2)3)30-19-37-57-56)48(38)44-32-34-45(35-33-44)54-52(42-26-15-7-16-27-42)50(40-22-11-5-12-23-40)49(39-20-9-4-10-21-39)51(41-24-13-6-14-25-41)53(54)43-28-17-8-18-29-43/h4-37H,1-3H3. The predicted octanol–water partition coefficient (Wildman–Crippen LogP) is 14.0. The molecule has 0 radical (unpaired) electrons. The molecule has 1 aromatic heterocycles. The van der Waals surface area contributed by atoms with Crippen molar-refractivity contribution in [1.82, 2.24) is 4.98 Å². The number of aryl methyl sites for hydroxylation is 1. The van der Waals surface area contributed by atoms with Crippen molar-refractivity contribution in [3.05, 3.63) is 212 Å². The first kappa shape index (κ1) is 36.3. The van der Waals surface area contributed by atoms with Gasteiger partial charge in [0.05, 0.1) is 0 Å². The fourth-order valence-corrected chi connectivity index (χ4v) is 11.8. The van der Waals surface area contributed by atoms with Gasteiger partial charge in [-0.1, -0.05) is 207 Å². The molecule has 0 amide bonds. The third kappa shape index (κ3) is 6.32. The molecule has 3 heteroatoms. The highest BCUT2D eigenvalue weighted by Crippen LogP contribution is 2.56. The zero-order chi connectivity index (χ0) is 39.9. The van der Waals surface area contributed by atoms with Crippen LogP contribution >= 0.6 is 0 Å². The second-order valence-electron chi connectivity index (χ2n) is 15.9. The first-order chi connectivity index (χ1) is 29.0. The molecular weight excluding hydrogens is 731 g/mol. The van der Waals surface area contributed by atoms with Crippen molar-refractivity contribution in [2.75, 3.05) is 0 Å². The number of hydrogen-bond acceptors (Lipinski definition) is 2. The molecule has 1 aliphatic rings. The lowest BCUT2D eigenvalue weighted by Crippen LogP contribution is -2.56. The summed E-state index contributed by atoms with van der Waals surface area (Å²) in [6, 6.07) is 72.7. The molecule has 59 heavy (non-hydrogen) atoms. The summed E-state index contributed by atoms with van der Waals surface area (Å²) in [5.74, 6) is 1.68. The van der Waals surface area contributed by atoms with E-state index in [9.17, 15) is 0 Å². The molecule has 0 unspecified atom stereocenters. The maximum atomic E-state index is 6.76. The molecule has 0 saturated carbocycles. The van der Waals surface area contributed by atoms with E-state index >= 15 is 0 Å². The lowest BCUT2D eigenvalue weighted by atomic mass is 9.74. The van der Waals surface area contributed by atoms with Crippen LogP contribution in [0.3, 0.4) is 0 Å². The van der Waals surface area contributed by atoms with Crippen LogP contribution < -0.4 is 15.1 Å². The van der Waals surface area contributed by atoms with Crippen molar-refractivity contribution in [1.29, 1.82) is 0 Å². The van der Waals surface area contributed by atoms with Crippen LogP contribution in [0.5, 0.6) is 11.6 Å². The van der Waals surface area contributed by atoms with Gasteiger partial charge < -0.3 is 4.74 Å². The summed E-state index contributed by atoms with van der Waals surface area (Å²) in [6.07, 6.45) is 1.84. The van der Waals surface area contributed by atoms with Crippen molar-refractivity contribution < 1.29 is 4.74 Å². The molecule has 0 fully saturated rings. The molecule has 0 bridgehead atoms. The minimum Gasteiger partial charge on any atom is -0.439 e. The second-order valence-corrected chi connectivity index (χ2v) is 20.2. The fraction of sp³-hybridized carbons (Fsp3) is 0.0536. The van der Waals surface area contributed by atoms with Crippen molar-refractivity contribution in [2.24, 2.45) is 0 Å². The number of benzene rings is 8. The molecule has 0 spiro atoms. The normalized spacial score (nSPS) is 12.6. The number of aromatic nitrogens is 1. The lowest BCUT2D eigenvalue weighted by Gasteiger charge is -2.33. The van der Waals surface area contributed by atoms with E-state index < -0.39 is 8.07 Å². The average molecular weight is 774 g/mol. The first-order valence-corrected chi connectivity index (χ1v) is 23.4. The van der Waals surface area contributed by atoms with Crippen molar-refractivity contribution in [2.45, 2.75) is 20.0 Å². The Hall–Kier alpha value is -7.07. The molecule has 9 aromatic rings. The Labute approximate surface area is 348 Å². The monoisotopic (exact) mass is 773 g/mol. The van der Waals surface area contributed by atoms with Gasteiger partial charge in [-0.25, -0.2) is 4.98 Å². The van der Waals surface area contributed by atoms with Gasteiger partial charge in [0.25, 0.3) is 0 Å². The number of nitrogens with zero attached hydrogens (tertiary/aromatic N) is 1. The summed E-state index contributed by atoms with van der Waals surface area (Å²) < 4.78 is 6.76. The molecule has 0 aliphatic carbocycles. The van der Waals surface area contributed by atoms with E-state index in [0.717, 1.165) is 28.3 Å². The molecule has 282 valence electrons. The fourth-order valence-electron chi connectivity index (χ4n) is 9.14. The second kappa shape index (κ2) is 15.0. The summed E-state index contributed by atoms with van der Waals surface area (Å²) in [5, 5.41) is 2.54. The molecule has 0 N–H and O–H groups in total. The highest BCUT2D eigenvalue weighted by Gasteiger charge is 2.38. The van der Waals surface area contributed by atoms with E-state index in [-0.39, 0.29) is 0 Å². The van der Waals surface area contributed by atoms with Gasteiger partial charge in [0, 0.05) is 16.9 Å². The smallest absolute Gasteiger partial charge is 0.218 e. The minimum absolute atomic E-state index is 0.737. The Morgan fingerprint density at radius 2 is 0.678 bits per heavy atom. The minimum atomic E-state index is -2.07. The van der Waals surface area contributed by atoms with Crippen LogP contribution in [0.4, 0.5) is 0 Å². The van der Waals surface area contributed by atoms with Crippen LogP contribution in [0.15, 0.2) is 206 Å². The third-order valence-electron chi connectivity index (χ3n) is 12.0. The van der Waals surface area contributed by atoms with E-state index in [0.29, 0.717) is 0 Å². The quantitative estimate of drug-likeness (QED) is 0.151. The highest BCUT2D eigenvalue weighted by atomic mass is 28.3. The number of ether oxygens (including phenoxy) is 1. The number of pyridine rings is 1. The van der Waals surface area contributed by atoms with Gasteiger partial charge in [-0.2, -0.15) is 0 Å². The van der Waals surface area contributed by atoms with Crippen LogP contribution in [0.1, 0.15) is 5.56 Å². The topological polar surface area (TPSA) is 22.1 Å². The number of rotatable bonds is 7. The Balaban J connectivity index is 1.32. The van der Waals surface area contributed by atoms with E-state index in [1.54, 1.807) is 0 Å². The summed E-state index contributed by atoms with van der Waals surface area (Å²) in [4.78, 5) is 4.72. The zero-order valence-corrected chi connectivity index (χ0v) is 34.5. The Bertz CT molecular complexity index is 2840. The van der Waals surface area contributed by atoms with Crippen LogP contribution in [-0.2, 0) is 0 Å². The number of hydrogen-bond donors (Lipinski definition) is 0. The lowest BCUT2D eigenvalue weighted by molar-refractivity contribution is 0.468. The molecule has 8 aromatic carbocycles. The van der Waals surface area contributed by atoms with Gasteiger partial charge in [-0.3, -0.25) is 0 Å². The summed E-state index contributed by atoms with van der Waals surface area (Å²) in [7, 11) is -2.07. The van der Waals surface area contributed by atoms with E-state index in [2.05, 4.69) is 214 Å². The largest absolute Gasteiger partial charge is 0.439 e. The molecule has 0 saturated heterocycles. The van der Waals surface area contributed by atoms with Crippen molar-refractivity contribution in [3.8, 4) is 89.5 Å². The van der Waals surface area contributed by atoms with E-state index in [1.165, 1.54) is 77.1 Å². The van der Waals surface area contributed by atoms with Crippen LogP contribution in [0, 0.1) is 6.92 Å². The van der Waals surface area contributed by atoms with E-state index in [1.807, 2.05) is 12.3 Å². The Morgan fingerprint density at radius 3 is 1.05 bits per heavy atom. The predicted molar refractivity (Wildman–Crippen MR) is 250 cm³/mol. The summed E-state index contributed by atoms with van der Waals surface area (Å²) in [5.41, 5.74) is 17.7. The van der Waals surface area contributed by atoms with Crippen molar-refractivity contribution in [3.63, 3.8) is 0 Å². The van der Waals surface area contributed by atoms with Gasteiger partial charge >= 0.3 is 0 Å². The number of fused-ring (bicyclic) bond motifs is 2. The van der Waals surface area contributed by atoms with Crippen LogP contribution in [0.25, 0.3) is 77.9 Å². The SMILES string of the molecule is Cc1ccc2c(c1-c1ccc(-c3c(-c4ccccc4)c(-c4ccccc4)c(-c4ccccc4)c(-c4ccccc4)c3-c3ccccc3)cc1)Oc1ncccc1[Si]2(C)C. The molecule has 0 atom stereocenters. The zero-order valence-electron chi connectivity index (χ0n) is 33.5. The van der Waals surface area contributed by atoms with Gasteiger partial charge in [-0.15, -0.1) is 0 Å². The molecule has 2 heterocycles. The summed E-state index contributed by atoms with van der Waals surface area (Å²) >= 11 is 0. The van der Waals surface area contributed by atoms with Crippen molar-refractivity contribution >= 4 is 18.4 Å². The maximum Gasteiger partial charge on any atom is 0.218 e. The Kier molecular flexibility index (Phi) is 9.24. The molecule has 10 rings (SSSR count). The Morgan fingerprint density at radius 1 is 0.339 bits per heavy atom. The first-order valence-electron chi connectivity index (χ1n) is 20.4. The van der Waals surface area contributed by atoms with E-state index in [4.69, 9.17) is 9.72 Å². The van der Waals surface area contributed by atoms with Gasteiger partial charge in [0.1, 0.15) is 13.8 Å². The molecular formula is C56H43NOSi. The average Bonchev–Trinajstić information content (AvgIpc) is 3.29. The molecule has 1 aliphatic heterocycles. The van der Waals surface area contributed by atoms with Gasteiger partial charge in [0.2, 0.25) is 5.88 Å². The van der Waals surface area contributed by atoms with Gasteiger partial charge in [-0.05, 0) is 96.1 Å². The van der Waals surface area contributed by atoms with Gasteiger partial charge in [0.15, 0.2) is 0 Å². The maximum absolute atomic E-state index is 6.76. The third-order valence-corrected chi connectivity index (χ3v) is 15.4. The van der Waals surface area contributed by atoms with Crippen LogP contribution in [-0.4, -0.2) is 13.1 Å². The highest BCUT2D eigenvalue weighted by molar-refractivity contribution is 7.01.